The van der Waals surface area contributed by atoms with Crippen molar-refractivity contribution in [1.82, 2.24) is 0 Å². The van der Waals surface area contributed by atoms with Gasteiger partial charge in [-0.1, -0.05) is 35.3 Å². The maximum absolute atomic E-state index is 8.65. The Morgan fingerprint density at radius 1 is 0.688 bits per heavy atom. The van der Waals surface area contributed by atoms with E-state index in [9.17, 15) is 0 Å². The van der Waals surface area contributed by atoms with Gasteiger partial charge in [0.15, 0.2) is 0 Å². The average Bonchev–Trinajstić information content (AvgIpc) is 2.17. The molecule has 2 nitrogen and oxygen atoms in total. The highest BCUT2D eigenvalue weighted by molar-refractivity contribution is 6.34. The highest BCUT2D eigenvalue weighted by atomic mass is 35.5. The average molecular weight is 257 g/mol. The van der Waals surface area contributed by atoms with Crippen molar-refractivity contribution in [2.24, 2.45) is 0 Å². The lowest BCUT2D eigenvalue weighted by atomic mass is 10.3. The molecule has 0 unspecified atom stereocenters. The molecule has 16 heavy (non-hydrogen) atoms. The molecule has 0 saturated carbocycles. The number of rotatable bonds is 0. The predicted octanol–water partition coefficient (Wildman–Crippen LogP) is 4.09. The van der Waals surface area contributed by atoms with Crippen LogP contribution in [0.15, 0.2) is 48.5 Å². The van der Waals surface area contributed by atoms with Crippen LogP contribution in [0, 0.1) is 0 Å². The number of benzene rings is 2. The van der Waals surface area contributed by atoms with E-state index in [1.54, 1.807) is 24.3 Å². The fraction of sp³-hybridized carbons (Fsp3) is 0. The van der Waals surface area contributed by atoms with E-state index in [2.05, 4.69) is 0 Å². The van der Waals surface area contributed by atoms with Crippen molar-refractivity contribution in [2.75, 3.05) is 0 Å². The third-order valence-electron chi connectivity index (χ3n) is 1.62. The molecule has 0 aliphatic rings. The van der Waals surface area contributed by atoms with Crippen LogP contribution in [0.5, 0.6) is 11.5 Å². The molecule has 0 aliphatic carbocycles. The van der Waals surface area contributed by atoms with E-state index in [-0.39, 0.29) is 11.5 Å². The SMILES string of the molecule is Clc1cccc(Cl)c1.Oc1cccc(O)c1. The number of hydrogen-bond donors (Lipinski definition) is 2. The monoisotopic (exact) mass is 256 g/mol. The van der Waals surface area contributed by atoms with Gasteiger partial charge in [0.25, 0.3) is 0 Å². The number of halogens is 2. The molecule has 2 rings (SSSR count). The normalized spacial score (nSPS) is 9.12. The van der Waals surface area contributed by atoms with Crippen molar-refractivity contribution in [3.8, 4) is 11.5 Å². The Kier molecular flexibility index (Phi) is 4.96. The van der Waals surface area contributed by atoms with Crippen LogP contribution in [-0.4, -0.2) is 10.2 Å². The van der Waals surface area contributed by atoms with Gasteiger partial charge in [-0.3, -0.25) is 0 Å². The maximum Gasteiger partial charge on any atom is 0.119 e. The molecule has 84 valence electrons. The topological polar surface area (TPSA) is 40.5 Å². The molecule has 0 atom stereocenters. The van der Waals surface area contributed by atoms with E-state index < -0.39 is 0 Å². The van der Waals surface area contributed by atoms with E-state index in [0.29, 0.717) is 10.0 Å². The summed E-state index contributed by atoms with van der Waals surface area (Å²) in [4.78, 5) is 0. The van der Waals surface area contributed by atoms with Crippen molar-refractivity contribution < 1.29 is 10.2 Å². The van der Waals surface area contributed by atoms with E-state index in [1.165, 1.54) is 18.2 Å². The second kappa shape index (κ2) is 6.26. The number of phenolic OH excluding ortho intramolecular Hbond substituents is 2. The lowest BCUT2D eigenvalue weighted by Crippen LogP contribution is -1.61. The van der Waals surface area contributed by atoms with E-state index in [1.807, 2.05) is 6.07 Å². The van der Waals surface area contributed by atoms with E-state index in [4.69, 9.17) is 33.4 Å². The van der Waals surface area contributed by atoms with Crippen molar-refractivity contribution in [3.05, 3.63) is 58.6 Å². The minimum absolute atomic E-state index is 0.0880. The van der Waals surface area contributed by atoms with E-state index in [0.717, 1.165) is 0 Å². The third kappa shape index (κ3) is 4.91. The van der Waals surface area contributed by atoms with Gasteiger partial charge in [-0.25, -0.2) is 0 Å². The Balaban J connectivity index is 0.000000160. The number of aromatic hydroxyl groups is 2. The first-order chi connectivity index (χ1) is 7.58. The summed E-state index contributed by atoms with van der Waals surface area (Å²) in [5.74, 6) is 0.176. The Bertz CT molecular complexity index is 380. The van der Waals surface area contributed by atoms with Crippen molar-refractivity contribution in [1.29, 1.82) is 0 Å². The van der Waals surface area contributed by atoms with Crippen molar-refractivity contribution in [2.45, 2.75) is 0 Å². The quantitative estimate of drug-likeness (QED) is 0.746. The summed E-state index contributed by atoms with van der Waals surface area (Å²) in [6.07, 6.45) is 0. The number of phenols is 2. The van der Waals surface area contributed by atoms with Gasteiger partial charge in [-0.15, -0.1) is 0 Å². The summed E-state index contributed by atoms with van der Waals surface area (Å²) in [6.45, 7) is 0. The molecule has 2 aromatic rings. The van der Waals surface area contributed by atoms with Crippen LogP contribution >= 0.6 is 23.2 Å². The molecule has 0 radical (unpaired) electrons. The van der Waals surface area contributed by atoms with Crippen LogP contribution in [0.25, 0.3) is 0 Å². The molecular weight excluding hydrogens is 247 g/mol. The van der Waals surface area contributed by atoms with Crippen molar-refractivity contribution >= 4 is 23.2 Å². The van der Waals surface area contributed by atoms with Gasteiger partial charge in [0, 0.05) is 16.1 Å². The number of hydrogen-bond acceptors (Lipinski definition) is 2. The van der Waals surface area contributed by atoms with Gasteiger partial charge >= 0.3 is 0 Å². The van der Waals surface area contributed by atoms with Crippen LogP contribution in [0.3, 0.4) is 0 Å². The lowest BCUT2D eigenvalue weighted by molar-refractivity contribution is 0.450. The summed E-state index contributed by atoms with van der Waals surface area (Å²) < 4.78 is 0. The predicted molar refractivity (Wildman–Crippen MR) is 66.2 cm³/mol. The molecule has 4 heteroatoms. The summed E-state index contributed by atoms with van der Waals surface area (Å²) >= 11 is 11.1. The maximum atomic E-state index is 8.65. The molecule has 0 saturated heterocycles. The van der Waals surface area contributed by atoms with Gasteiger partial charge in [0.05, 0.1) is 0 Å². The molecule has 2 N–H and O–H groups in total. The zero-order valence-corrected chi connectivity index (χ0v) is 9.78. The fourth-order valence-electron chi connectivity index (χ4n) is 0.953. The zero-order valence-electron chi connectivity index (χ0n) is 8.27. The molecule has 0 spiro atoms. The van der Waals surface area contributed by atoms with Gasteiger partial charge in [-0.05, 0) is 30.3 Å². The smallest absolute Gasteiger partial charge is 0.119 e. The molecule has 2 aromatic carbocycles. The minimum atomic E-state index is 0.0880. The van der Waals surface area contributed by atoms with Crippen LogP contribution in [0.1, 0.15) is 0 Å². The first kappa shape index (κ1) is 12.7. The Hall–Kier alpha value is -1.38. The molecule has 0 heterocycles. The zero-order chi connectivity index (χ0) is 12.0. The standard InChI is InChI=1S/C6H4Cl2.C6H6O2/c2*7-5-2-1-3-6(8)4-5/h1-4H;1-4,7-8H. The highest BCUT2D eigenvalue weighted by Gasteiger charge is 1.86. The molecular formula is C12H10Cl2O2. The van der Waals surface area contributed by atoms with Crippen LogP contribution in [-0.2, 0) is 0 Å². The second-order valence-electron chi connectivity index (χ2n) is 2.96. The van der Waals surface area contributed by atoms with Crippen LogP contribution in [0.4, 0.5) is 0 Å². The molecule has 0 bridgehead atoms. The second-order valence-corrected chi connectivity index (χ2v) is 3.83. The van der Waals surface area contributed by atoms with Crippen LogP contribution in [0.2, 0.25) is 10.0 Å². The van der Waals surface area contributed by atoms with E-state index >= 15 is 0 Å². The highest BCUT2D eigenvalue weighted by Crippen LogP contribution is 2.15. The van der Waals surface area contributed by atoms with Gasteiger partial charge < -0.3 is 10.2 Å². The van der Waals surface area contributed by atoms with Crippen molar-refractivity contribution in [3.63, 3.8) is 0 Å². The van der Waals surface area contributed by atoms with Gasteiger partial charge in [-0.2, -0.15) is 0 Å². The molecule has 0 aliphatic heterocycles. The lowest BCUT2D eigenvalue weighted by Gasteiger charge is -1.89. The first-order valence-corrected chi connectivity index (χ1v) is 5.22. The molecule has 0 amide bonds. The fourth-order valence-corrected chi connectivity index (χ4v) is 1.39. The summed E-state index contributed by atoms with van der Waals surface area (Å²) in [5.41, 5.74) is 0. The van der Waals surface area contributed by atoms with Crippen LogP contribution < -0.4 is 0 Å². The van der Waals surface area contributed by atoms with Gasteiger partial charge in [0.1, 0.15) is 11.5 Å². The Labute approximate surface area is 104 Å². The molecule has 0 aromatic heterocycles. The third-order valence-corrected chi connectivity index (χ3v) is 2.09. The molecule has 0 fully saturated rings. The summed E-state index contributed by atoms with van der Waals surface area (Å²) in [7, 11) is 0. The Morgan fingerprint density at radius 3 is 1.38 bits per heavy atom. The summed E-state index contributed by atoms with van der Waals surface area (Å²) in [6, 6.07) is 12.9. The van der Waals surface area contributed by atoms with Gasteiger partial charge in [0.2, 0.25) is 0 Å². The minimum Gasteiger partial charge on any atom is -0.508 e. The summed E-state index contributed by atoms with van der Waals surface area (Å²) in [5, 5.41) is 18.7. The first-order valence-electron chi connectivity index (χ1n) is 4.47. The Morgan fingerprint density at radius 2 is 1.12 bits per heavy atom. The largest absolute Gasteiger partial charge is 0.508 e.